The molecule has 0 aliphatic rings. The first-order valence-electron chi connectivity index (χ1n) is 8.13. The summed E-state index contributed by atoms with van der Waals surface area (Å²) in [6.45, 7) is 9.72. The van der Waals surface area contributed by atoms with Crippen LogP contribution in [-0.2, 0) is 11.3 Å². The van der Waals surface area contributed by atoms with E-state index in [1.54, 1.807) is 0 Å². The molecule has 0 radical (unpaired) electrons. The van der Waals surface area contributed by atoms with E-state index in [1.165, 1.54) is 17.7 Å². The molecule has 1 aromatic heterocycles. The van der Waals surface area contributed by atoms with Crippen LogP contribution in [0.15, 0.2) is 30.3 Å². The molecule has 0 saturated heterocycles. The number of ether oxygens (including phenoxy) is 1. The lowest BCUT2D eigenvalue weighted by Crippen LogP contribution is -2.20. The average molecular weight is 301 g/mol. The Kier molecular flexibility index (Phi) is 6.62. The smallest absolute Gasteiger partial charge is 0.0648 e. The van der Waals surface area contributed by atoms with Gasteiger partial charge in [0.2, 0.25) is 0 Å². The maximum atomic E-state index is 5.56. The van der Waals surface area contributed by atoms with E-state index in [0.717, 1.165) is 44.1 Å². The molecule has 0 fully saturated rings. The Hall–Kier alpha value is -1.65. The first kappa shape index (κ1) is 16.7. The van der Waals surface area contributed by atoms with Crippen LogP contribution in [0.2, 0.25) is 0 Å². The molecule has 0 aliphatic heterocycles. The summed E-state index contributed by atoms with van der Waals surface area (Å²) < 4.78 is 7.58. The maximum Gasteiger partial charge on any atom is 0.0648 e. The molecule has 0 unspecified atom stereocenters. The van der Waals surface area contributed by atoms with E-state index in [9.17, 15) is 0 Å². The third-order valence-electron chi connectivity index (χ3n) is 3.81. The van der Waals surface area contributed by atoms with Crippen molar-refractivity contribution < 1.29 is 4.74 Å². The van der Waals surface area contributed by atoms with Gasteiger partial charge < -0.3 is 10.1 Å². The van der Waals surface area contributed by atoms with Gasteiger partial charge in [0.05, 0.1) is 18.0 Å². The molecular formula is C18H27N3O. The number of hydrogen-bond acceptors (Lipinski definition) is 3. The largest absolute Gasteiger partial charge is 0.380 e. The summed E-state index contributed by atoms with van der Waals surface area (Å²) in [5, 5.41) is 8.11. The van der Waals surface area contributed by atoms with Crippen LogP contribution in [0.4, 0.5) is 0 Å². The topological polar surface area (TPSA) is 39.1 Å². The zero-order valence-electron chi connectivity index (χ0n) is 13.9. The lowest BCUT2D eigenvalue weighted by molar-refractivity contribution is 0.133. The molecule has 0 aliphatic carbocycles. The van der Waals surface area contributed by atoms with Crippen LogP contribution in [0.25, 0.3) is 5.69 Å². The zero-order valence-corrected chi connectivity index (χ0v) is 13.9. The van der Waals surface area contributed by atoms with Gasteiger partial charge in [-0.25, -0.2) is 4.68 Å². The fraction of sp³-hybridized carbons (Fsp3) is 0.500. The molecule has 1 aromatic carbocycles. The van der Waals surface area contributed by atoms with E-state index in [2.05, 4.69) is 43.3 Å². The van der Waals surface area contributed by atoms with Crippen LogP contribution >= 0.6 is 0 Å². The summed E-state index contributed by atoms with van der Waals surface area (Å²) in [4.78, 5) is 0. The van der Waals surface area contributed by atoms with Gasteiger partial charge in [-0.15, -0.1) is 0 Å². The van der Waals surface area contributed by atoms with Crippen molar-refractivity contribution in [3.05, 3.63) is 47.3 Å². The van der Waals surface area contributed by atoms with Crippen LogP contribution in [0, 0.1) is 13.8 Å². The molecule has 1 N–H and O–H groups in total. The first-order valence-corrected chi connectivity index (χ1v) is 8.13. The van der Waals surface area contributed by atoms with Gasteiger partial charge in [0.15, 0.2) is 0 Å². The lowest BCUT2D eigenvalue weighted by Gasteiger charge is -2.07. The Morgan fingerprint density at radius 3 is 2.64 bits per heavy atom. The number of benzene rings is 1. The summed E-state index contributed by atoms with van der Waals surface area (Å²) in [6.07, 6.45) is 2.33. The normalized spacial score (nSPS) is 11.0. The molecule has 0 atom stereocenters. The van der Waals surface area contributed by atoms with E-state index in [-0.39, 0.29) is 0 Å². The second kappa shape index (κ2) is 8.71. The molecule has 0 amide bonds. The Morgan fingerprint density at radius 2 is 1.91 bits per heavy atom. The zero-order chi connectivity index (χ0) is 15.8. The second-order valence-electron chi connectivity index (χ2n) is 5.54. The summed E-state index contributed by atoms with van der Waals surface area (Å²) in [5.74, 6) is 0. The number of aromatic nitrogens is 2. The number of aryl methyl sites for hydroxylation is 1. The van der Waals surface area contributed by atoms with Gasteiger partial charge >= 0.3 is 0 Å². The Bertz CT molecular complexity index is 563. The van der Waals surface area contributed by atoms with Crippen molar-refractivity contribution in [1.82, 2.24) is 15.1 Å². The van der Waals surface area contributed by atoms with Crippen LogP contribution in [0.5, 0.6) is 0 Å². The average Bonchev–Trinajstić information content (AvgIpc) is 2.82. The Morgan fingerprint density at radius 1 is 1.14 bits per heavy atom. The van der Waals surface area contributed by atoms with E-state index in [1.807, 2.05) is 22.9 Å². The third-order valence-corrected chi connectivity index (χ3v) is 3.81. The number of nitrogens with zero attached hydrogens (tertiary/aromatic N) is 2. The number of unbranched alkanes of at least 4 members (excludes halogenated alkanes) is 1. The predicted molar refractivity (Wildman–Crippen MR) is 90.5 cm³/mol. The summed E-state index contributed by atoms with van der Waals surface area (Å²) in [5.41, 5.74) is 4.67. The number of rotatable bonds is 9. The minimum absolute atomic E-state index is 0.769. The lowest BCUT2D eigenvalue weighted by atomic mass is 10.2. The maximum absolute atomic E-state index is 5.56. The third kappa shape index (κ3) is 4.42. The van der Waals surface area contributed by atoms with Crippen molar-refractivity contribution in [3.8, 4) is 5.69 Å². The van der Waals surface area contributed by atoms with Gasteiger partial charge in [-0.2, -0.15) is 5.10 Å². The Labute approximate surface area is 133 Å². The van der Waals surface area contributed by atoms with Crippen LogP contribution in [0.3, 0.4) is 0 Å². The highest BCUT2D eigenvalue weighted by molar-refractivity contribution is 5.36. The molecule has 22 heavy (non-hydrogen) atoms. The van der Waals surface area contributed by atoms with E-state index in [4.69, 9.17) is 4.74 Å². The molecular weight excluding hydrogens is 274 g/mol. The predicted octanol–water partition coefficient (Wildman–Crippen LogP) is 3.40. The molecule has 0 spiro atoms. The van der Waals surface area contributed by atoms with Crippen molar-refractivity contribution in [3.63, 3.8) is 0 Å². The van der Waals surface area contributed by atoms with E-state index < -0.39 is 0 Å². The van der Waals surface area contributed by atoms with Gasteiger partial charge in [0, 0.05) is 31.0 Å². The van der Waals surface area contributed by atoms with Gasteiger partial charge in [0.25, 0.3) is 0 Å². The van der Waals surface area contributed by atoms with Crippen molar-refractivity contribution in [2.24, 2.45) is 0 Å². The monoisotopic (exact) mass is 301 g/mol. The minimum atomic E-state index is 0.769. The van der Waals surface area contributed by atoms with Gasteiger partial charge in [-0.1, -0.05) is 31.5 Å². The fourth-order valence-corrected chi connectivity index (χ4v) is 2.46. The highest BCUT2D eigenvalue weighted by atomic mass is 16.5. The van der Waals surface area contributed by atoms with Crippen molar-refractivity contribution in [2.75, 3.05) is 19.8 Å². The molecule has 4 nitrogen and oxygen atoms in total. The molecule has 0 bridgehead atoms. The standard InChI is InChI=1S/C18H27N3O/c1-4-5-12-22-13-11-19-14-18-15(2)20-21(16(18)3)17-9-7-6-8-10-17/h6-10,19H,4-5,11-14H2,1-3H3. The van der Waals surface area contributed by atoms with Gasteiger partial charge in [-0.3, -0.25) is 0 Å². The summed E-state index contributed by atoms with van der Waals surface area (Å²) in [6, 6.07) is 10.3. The molecule has 0 saturated carbocycles. The molecule has 2 rings (SSSR count). The molecule has 4 heteroatoms. The van der Waals surface area contributed by atoms with Crippen molar-refractivity contribution in [2.45, 2.75) is 40.2 Å². The van der Waals surface area contributed by atoms with Crippen molar-refractivity contribution in [1.29, 1.82) is 0 Å². The van der Waals surface area contributed by atoms with Gasteiger partial charge in [0.1, 0.15) is 0 Å². The number of nitrogens with one attached hydrogen (secondary N) is 1. The first-order chi connectivity index (χ1) is 10.7. The van der Waals surface area contributed by atoms with Crippen molar-refractivity contribution >= 4 is 0 Å². The summed E-state index contributed by atoms with van der Waals surface area (Å²) in [7, 11) is 0. The van der Waals surface area contributed by atoms with E-state index in [0.29, 0.717) is 0 Å². The van der Waals surface area contributed by atoms with Crippen LogP contribution in [-0.4, -0.2) is 29.5 Å². The molecule has 2 aromatic rings. The molecule has 1 heterocycles. The van der Waals surface area contributed by atoms with Crippen LogP contribution in [0.1, 0.15) is 36.7 Å². The van der Waals surface area contributed by atoms with Gasteiger partial charge in [-0.05, 0) is 32.4 Å². The highest BCUT2D eigenvalue weighted by Crippen LogP contribution is 2.17. The minimum Gasteiger partial charge on any atom is -0.380 e. The number of hydrogen-bond donors (Lipinski definition) is 1. The fourth-order valence-electron chi connectivity index (χ4n) is 2.46. The Balaban J connectivity index is 1.88. The quantitative estimate of drug-likeness (QED) is 0.722. The highest BCUT2D eigenvalue weighted by Gasteiger charge is 2.11. The second-order valence-corrected chi connectivity index (χ2v) is 5.54. The number of para-hydroxylation sites is 1. The molecule has 120 valence electrons. The van der Waals surface area contributed by atoms with Crippen LogP contribution < -0.4 is 5.32 Å². The summed E-state index contributed by atoms with van der Waals surface area (Å²) >= 11 is 0. The SMILES string of the molecule is CCCCOCCNCc1c(C)nn(-c2ccccc2)c1C. The van der Waals surface area contributed by atoms with E-state index >= 15 is 0 Å².